The largest absolute Gasteiger partial charge is 0.490 e. The molecule has 0 saturated carbocycles. The van der Waals surface area contributed by atoms with E-state index in [0.29, 0.717) is 5.13 Å². The normalized spacial score (nSPS) is 12.5. The van der Waals surface area contributed by atoms with Gasteiger partial charge in [-0.2, -0.15) is 13.2 Å². The van der Waals surface area contributed by atoms with Crippen molar-refractivity contribution in [3.05, 3.63) is 35.3 Å². The lowest BCUT2D eigenvalue weighted by Gasteiger charge is -2.21. The molecule has 7 nitrogen and oxygen atoms in total. The SMILES string of the molecule is CN(C[C@H](O)COc1ccccc1C(F)(F)F)C(=O)Nc1nncs1. The van der Waals surface area contributed by atoms with Crippen LogP contribution in [-0.2, 0) is 6.18 Å². The molecule has 1 heterocycles. The van der Waals surface area contributed by atoms with E-state index in [1.54, 1.807) is 0 Å². The summed E-state index contributed by atoms with van der Waals surface area (Å²) in [7, 11) is 1.42. The molecule has 0 spiro atoms. The van der Waals surface area contributed by atoms with Gasteiger partial charge in [0.05, 0.1) is 12.1 Å². The van der Waals surface area contributed by atoms with Crippen LogP contribution in [0.25, 0.3) is 0 Å². The number of hydrogen-bond acceptors (Lipinski definition) is 6. The topological polar surface area (TPSA) is 87.6 Å². The molecule has 0 aliphatic carbocycles. The summed E-state index contributed by atoms with van der Waals surface area (Å²) in [4.78, 5) is 13.0. The van der Waals surface area contributed by atoms with E-state index in [0.717, 1.165) is 22.3 Å². The van der Waals surface area contributed by atoms with Crippen molar-refractivity contribution in [2.24, 2.45) is 0 Å². The number of halogens is 3. The van der Waals surface area contributed by atoms with Gasteiger partial charge in [0.1, 0.15) is 24.0 Å². The monoisotopic (exact) mass is 376 g/mol. The molecule has 0 unspecified atom stereocenters. The number of benzene rings is 1. The number of anilines is 1. The highest BCUT2D eigenvalue weighted by Gasteiger charge is 2.34. The fourth-order valence-electron chi connectivity index (χ4n) is 1.88. The van der Waals surface area contributed by atoms with Crippen LogP contribution in [0.1, 0.15) is 5.56 Å². The number of aliphatic hydroxyl groups is 1. The number of ether oxygens (including phenoxy) is 1. The third-order valence-electron chi connectivity index (χ3n) is 3.03. The Morgan fingerprint density at radius 2 is 2.16 bits per heavy atom. The highest BCUT2D eigenvalue weighted by atomic mass is 32.1. The number of aromatic nitrogens is 2. The molecule has 0 aliphatic rings. The van der Waals surface area contributed by atoms with E-state index in [-0.39, 0.29) is 12.3 Å². The lowest BCUT2D eigenvalue weighted by atomic mass is 10.2. The van der Waals surface area contributed by atoms with E-state index < -0.39 is 30.5 Å². The van der Waals surface area contributed by atoms with Crippen molar-refractivity contribution >= 4 is 22.5 Å². The summed E-state index contributed by atoms with van der Waals surface area (Å²) in [5.41, 5.74) is 0.515. The molecule has 2 N–H and O–H groups in total. The van der Waals surface area contributed by atoms with Gasteiger partial charge in [0.15, 0.2) is 0 Å². The molecule has 0 bridgehead atoms. The molecule has 2 rings (SSSR count). The van der Waals surface area contributed by atoms with E-state index in [4.69, 9.17) is 4.74 Å². The molecule has 2 amide bonds. The maximum atomic E-state index is 12.9. The Balaban J connectivity index is 1.86. The number of hydrogen-bond donors (Lipinski definition) is 2. The molecular weight excluding hydrogens is 361 g/mol. The first-order valence-corrected chi connectivity index (χ1v) is 7.90. The molecule has 1 aromatic carbocycles. The highest BCUT2D eigenvalue weighted by Crippen LogP contribution is 2.35. The van der Waals surface area contributed by atoms with Gasteiger partial charge < -0.3 is 14.7 Å². The third-order valence-corrected chi connectivity index (χ3v) is 3.64. The van der Waals surface area contributed by atoms with Crippen LogP contribution in [0.3, 0.4) is 0 Å². The minimum absolute atomic E-state index is 0.140. The number of carbonyl (C=O) groups is 1. The molecule has 1 aromatic heterocycles. The Kier molecular flexibility index (Phi) is 6.15. The van der Waals surface area contributed by atoms with Crippen LogP contribution in [-0.4, -0.2) is 52.5 Å². The third kappa shape index (κ3) is 5.57. The van der Waals surface area contributed by atoms with E-state index >= 15 is 0 Å². The summed E-state index contributed by atoms with van der Waals surface area (Å²) in [5, 5.41) is 19.9. The molecule has 0 fully saturated rings. The fourth-order valence-corrected chi connectivity index (χ4v) is 2.31. The highest BCUT2D eigenvalue weighted by molar-refractivity contribution is 7.13. The van der Waals surface area contributed by atoms with Crippen molar-refractivity contribution in [2.45, 2.75) is 12.3 Å². The van der Waals surface area contributed by atoms with Gasteiger partial charge in [-0.3, -0.25) is 5.32 Å². The summed E-state index contributed by atoms with van der Waals surface area (Å²) in [5.74, 6) is -0.380. The Bertz CT molecular complexity index is 697. The number of para-hydroxylation sites is 1. The van der Waals surface area contributed by atoms with Gasteiger partial charge >= 0.3 is 12.2 Å². The minimum atomic E-state index is -4.56. The predicted octanol–water partition coefficient (Wildman–Crippen LogP) is 2.46. The standard InChI is InChI=1S/C14H15F3N4O3S/c1-21(13(23)19-12-20-18-8-25-12)6-9(22)7-24-11-5-3-2-4-10(11)14(15,16)17/h2-5,8-9,22H,6-7H2,1H3,(H,19,20,23)/t9-/m0/s1. The number of aliphatic hydroxyl groups excluding tert-OH is 1. The number of nitrogens with zero attached hydrogens (tertiary/aromatic N) is 3. The number of rotatable bonds is 6. The van der Waals surface area contributed by atoms with Gasteiger partial charge in [-0.25, -0.2) is 4.79 Å². The summed E-state index contributed by atoms with van der Waals surface area (Å²) >= 11 is 1.12. The lowest BCUT2D eigenvalue weighted by Crippen LogP contribution is -2.39. The molecule has 136 valence electrons. The van der Waals surface area contributed by atoms with Crippen LogP contribution in [0.2, 0.25) is 0 Å². The lowest BCUT2D eigenvalue weighted by molar-refractivity contribution is -0.139. The Labute approximate surface area is 145 Å². The van der Waals surface area contributed by atoms with Crippen LogP contribution >= 0.6 is 11.3 Å². The van der Waals surface area contributed by atoms with E-state index in [1.807, 2.05) is 0 Å². The average molecular weight is 376 g/mol. The molecule has 1 atom stereocenters. The first-order valence-electron chi connectivity index (χ1n) is 7.02. The minimum Gasteiger partial charge on any atom is -0.490 e. The van der Waals surface area contributed by atoms with Crippen molar-refractivity contribution in [3.63, 3.8) is 0 Å². The van der Waals surface area contributed by atoms with Crippen molar-refractivity contribution in [3.8, 4) is 5.75 Å². The zero-order valence-corrected chi connectivity index (χ0v) is 13.8. The van der Waals surface area contributed by atoms with Crippen molar-refractivity contribution < 1.29 is 27.8 Å². The first kappa shape index (κ1) is 18.9. The van der Waals surface area contributed by atoms with E-state index in [9.17, 15) is 23.1 Å². The van der Waals surface area contributed by atoms with Gasteiger partial charge in [0.25, 0.3) is 0 Å². The van der Waals surface area contributed by atoms with Crippen molar-refractivity contribution in [1.29, 1.82) is 0 Å². The zero-order valence-electron chi connectivity index (χ0n) is 13.0. The number of likely N-dealkylation sites (N-methyl/N-ethyl adjacent to an activating group) is 1. The fraction of sp³-hybridized carbons (Fsp3) is 0.357. The molecule has 11 heteroatoms. The summed E-state index contributed by atoms with van der Waals surface area (Å²) in [6, 6.07) is 4.17. The van der Waals surface area contributed by atoms with Gasteiger partial charge in [-0.05, 0) is 12.1 Å². The quantitative estimate of drug-likeness (QED) is 0.809. The maximum absolute atomic E-state index is 12.9. The number of amides is 2. The Morgan fingerprint density at radius 3 is 2.80 bits per heavy atom. The molecule has 0 radical (unpaired) electrons. The molecular formula is C14H15F3N4O3S. The molecule has 2 aromatic rings. The first-order chi connectivity index (χ1) is 11.8. The van der Waals surface area contributed by atoms with Crippen molar-refractivity contribution in [2.75, 3.05) is 25.5 Å². The maximum Gasteiger partial charge on any atom is 0.419 e. The van der Waals surface area contributed by atoms with E-state index in [1.165, 1.54) is 30.8 Å². The second kappa shape index (κ2) is 8.12. The van der Waals surface area contributed by atoms with Gasteiger partial charge in [-0.1, -0.05) is 23.5 Å². The smallest absolute Gasteiger partial charge is 0.419 e. The molecule has 0 saturated heterocycles. The zero-order chi connectivity index (χ0) is 18.4. The number of urea groups is 1. The molecule has 25 heavy (non-hydrogen) atoms. The van der Waals surface area contributed by atoms with Crippen LogP contribution in [0.5, 0.6) is 5.75 Å². The summed E-state index contributed by atoms with van der Waals surface area (Å²) in [6.45, 7) is -0.539. The molecule has 0 aliphatic heterocycles. The Hall–Kier alpha value is -2.40. The van der Waals surface area contributed by atoms with Crippen LogP contribution < -0.4 is 10.1 Å². The Morgan fingerprint density at radius 1 is 1.44 bits per heavy atom. The van der Waals surface area contributed by atoms with Gasteiger partial charge in [0.2, 0.25) is 5.13 Å². The predicted molar refractivity (Wildman–Crippen MR) is 84.5 cm³/mol. The number of nitrogens with one attached hydrogen (secondary N) is 1. The summed E-state index contributed by atoms with van der Waals surface area (Å²) in [6.07, 6.45) is -5.73. The second-order valence-electron chi connectivity index (χ2n) is 5.01. The van der Waals surface area contributed by atoms with Crippen LogP contribution in [0.4, 0.5) is 23.1 Å². The van der Waals surface area contributed by atoms with Gasteiger partial charge in [0, 0.05) is 7.05 Å². The van der Waals surface area contributed by atoms with E-state index in [2.05, 4.69) is 15.5 Å². The van der Waals surface area contributed by atoms with Gasteiger partial charge in [-0.15, -0.1) is 10.2 Å². The van der Waals surface area contributed by atoms with Crippen LogP contribution in [0.15, 0.2) is 29.8 Å². The summed E-state index contributed by atoms with van der Waals surface area (Å²) < 4.78 is 43.6. The van der Waals surface area contributed by atoms with Crippen LogP contribution in [0, 0.1) is 0 Å². The van der Waals surface area contributed by atoms with Crippen molar-refractivity contribution in [1.82, 2.24) is 15.1 Å². The second-order valence-corrected chi connectivity index (χ2v) is 5.85. The average Bonchev–Trinajstić information content (AvgIpc) is 3.05. The number of carbonyl (C=O) groups excluding carboxylic acids is 1. The number of alkyl halides is 3.